The van der Waals surface area contributed by atoms with Crippen molar-refractivity contribution >= 4 is 23.4 Å². The second-order valence-electron chi connectivity index (χ2n) is 8.38. The van der Waals surface area contributed by atoms with Crippen LogP contribution in [0.5, 0.6) is 5.75 Å². The first-order chi connectivity index (χ1) is 14.7. The highest BCUT2D eigenvalue weighted by Crippen LogP contribution is 2.27. The summed E-state index contributed by atoms with van der Waals surface area (Å²) < 4.78 is 17.1. The highest BCUT2D eigenvalue weighted by molar-refractivity contribution is 6.31. The van der Waals surface area contributed by atoms with Gasteiger partial charge in [0.2, 0.25) is 11.7 Å². The van der Waals surface area contributed by atoms with Crippen molar-refractivity contribution in [2.75, 3.05) is 26.3 Å². The molecule has 9 heteroatoms. The first-order valence-electron chi connectivity index (χ1n) is 10.2. The number of carbonyl (C=O) groups is 2. The fourth-order valence-corrected chi connectivity index (χ4v) is 3.70. The number of morpholine rings is 1. The highest BCUT2D eigenvalue weighted by Gasteiger charge is 2.41. The maximum absolute atomic E-state index is 13.0. The van der Waals surface area contributed by atoms with Gasteiger partial charge in [-0.15, -0.1) is 0 Å². The van der Waals surface area contributed by atoms with E-state index >= 15 is 0 Å². The van der Waals surface area contributed by atoms with Gasteiger partial charge in [0.05, 0.1) is 25.3 Å². The number of benzene rings is 1. The summed E-state index contributed by atoms with van der Waals surface area (Å²) >= 11 is 6.07. The van der Waals surface area contributed by atoms with Crippen LogP contribution >= 0.6 is 11.6 Å². The van der Waals surface area contributed by atoms with E-state index < -0.39 is 11.5 Å². The lowest BCUT2D eigenvalue weighted by Gasteiger charge is -2.41. The summed E-state index contributed by atoms with van der Waals surface area (Å²) in [6.45, 7) is 6.81. The molecule has 1 aliphatic rings. The molecule has 0 bridgehead atoms. The topological polar surface area (TPSA) is 108 Å². The van der Waals surface area contributed by atoms with Crippen LogP contribution in [0.1, 0.15) is 42.1 Å². The largest absolute Gasteiger partial charge is 0.490 e. The predicted octanol–water partition coefficient (Wildman–Crippen LogP) is 3.00. The molecule has 31 heavy (non-hydrogen) atoms. The number of aromatic nitrogens is 1. The highest BCUT2D eigenvalue weighted by atomic mass is 35.5. The van der Waals surface area contributed by atoms with Gasteiger partial charge in [-0.1, -0.05) is 30.6 Å². The van der Waals surface area contributed by atoms with Crippen LogP contribution in [0, 0.1) is 12.8 Å². The number of nitrogens with zero attached hydrogens (tertiary/aromatic N) is 2. The number of halogens is 1. The molecule has 1 aromatic carbocycles. The zero-order chi connectivity index (χ0) is 22.6. The number of hydrogen-bond donors (Lipinski definition) is 1. The van der Waals surface area contributed by atoms with E-state index in [1.165, 1.54) is 0 Å². The minimum absolute atomic E-state index is 0.0514. The fraction of sp³-hybridized carbons (Fsp3) is 0.500. The van der Waals surface area contributed by atoms with E-state index in [1.807, 2.05) is 6.92 Å². The molecular formula is C22H28ClN3O5. The Kier molecular flexibility index (Phi) is 7.23. The molecule has 2 N–H and O–H groups in total. The van der Waals surface area contributed by atoms with Crippen molar-refractivity contribution in [2.45, 2.75) is 39.2 Å². The SMILES string of the molecule is Cc1cc(OCC2(CC(N)=O)CN(C(=O)c3cc(CC(C)C)no3)CCO2)ccc1Cl. The number of hydrogen-bond acceptors (Lipinski definition) is 6. The lowest BCUT2D eigenvalue weighted by molar-refractivity contribution is -0.142. The zero-order valence-electron chi connectivity index (χ0n) is 18.0. The van der Waals surface area contributed by atoms with Gasteiger partial charge in [0, 0.05) is 17.6 Å². The predicted molar refractivity (Wildman–Crippen MR) is 115 cm³/mol. The molecule has 1 saturated heterocycles. The third kappa shape index (κ3) is 5.98. The number of carbonyl (C=O) groups excluding carboxylic acids is 2. The van der Waals surface area contributed by atoms with E-state index in [0.717, 1.165) is 17.7 Å². The summed E-state index contributed by atoms with van der Waals surface area (Å²) in [5.74, 6) is 0.311. The molecule has 2 amide bonds. The van der Waals surface area contributed by atoms with Crippen molar-refractivity contribution in [3.63, 3.8) is 0 Å². The van der Waals surface area contributed by atoms with Crippen molar-refractivity contribution in [2.24, 2.45) is 11.7 Å². The molecule has 2 heterocycles. The van der Waals surface area contributed by atoms with E-state index in [4.69, 9.17) is 31.3 Å². The minimum atomic E-state index is -1.06. The van der Waals surface area contributed by atoms with Crippen molar-refractivity contribution in [1.29, 1.82) is 0 Å². The van der Waals surface area contributed by atoms with E-state index in [2.05, 4.69) is 19.0 Å². The molecule has 0 spiro atoms. The Bertz CT molecular complexity index is 945. The molecule has 0 aliphatic carbocycles. The Morgan fingerprint density at radius 1 is 1.35 bits per heavy atom. The monoisotopic (exact) mass is 449 g/mol. The number of ether oxygens (including phenoxy) is 2. The quantitative estimate of drug-likeness (QED) is 0.663. The van der Waals surface area contributed by atoms with Gasteiger partial charge >= 0.3 is 0 Å². The van der Waals surface area contributed by atoms with E-state index in [-0.39, 0.29) is 37.8 Å². The number of primary amides is 1. The summed E-state index contributed by atoms with van der Waals surface area (Å²) in [6.07, 6.45) is 0.637. The summed E-state index contributed by atoms with van der Waals surface area (Å²) in [6, 6.07) is 6.95. The lowest BCUT2D eigenvalue weighted by Crippen LogP contribution is -2.57. The number of aryl methyl sites for hydroxylation is 1. The smallest absolute Gasteiger partial charge is 0.292 e. The summed E-state index contributed by atoms with van der Waals surface area (Å²) in [5, 5.41) is 4.62. The molecule has 1 unspecified atom stereocenters. The van der Waals surface area contributed by atoms with Crippen LogP contribution in [0.3, 0.4) is 0 Å². The van der Waals surface area contributed by atoms with Crippen LogP contribution in [-0.4, -0.2) is 53.8 Å². The molecule has 8 nitrogen and oxygen atoms in total. The van der Waals surface area contributed by atoms with Crippen LogP contribution < -0.4 is 10.5 Å². The summed E-state index contributed by atoms with van der Waals surface area (Å²) in [7, 11) is 0. The average molecular weight is 450 g/mol. The molecule has 3 rings (SSSR count). The Morgan fingerprint density at radius 3 is 2.81 bits per heavy atom. The molecule has 1 atom stereocenters. The first-order valence-corrected chi connectivity index (χ1v) is 10.6. The summed E-state index contributed by atoms with van der Waals surface area (Å²) in [4.78, 5) is 26.4. The van der Waals surface area contributed by atoms with Crippen LogP contribution in [0.25, 0.3) is 0 Å². The molecule has 0 saturated carbocycles. The second-order valence-corrected chi connectivity index (χ2v) is 8.79. The van der Waals surface area contributed by atoms with Crippen LogP contribution in [-0.2, 0) is 16.0 Å². The van der Waals surface area contributed by atoms with Gasteiger partial charge in [-0.2, -0.15) is 0 Å². The van der Waals surface area contributed by atoms with Crippen LogP contribution in [0.2, 0.25) is 5.02 Å². The van der Waals surface area contributed by atoms with Gasteiger partial charge in [0.15, 0.2) is 0 Å². The second kappa shape index (κ2) is 9.70. The minimum Gasteiger partial charge on any atom is -0.490 e. The van der Waals surface area contributed by atoms with Gasteiger partial charge in [-0.3, -0.25) is 9.59 Å². The maximum atomic E-state index is 13.0. The molecule has 1 fully saturated rings. The Morgan fingerprint density at radius 2 is 2.13 bits per heavy atom. The summed E-state index contributed by atoms with van der Waals surface area (Å²) in [5.41, 5.74) is 6.02. The van der Waals surface area contributed by atoms with Crippen molar-refractivity contribution in [3.05, 3.63) is 46.3 Å². The third-order valence-electron chi connectivity index (χ3n) is 5.05. The van der Waals surface area contributed by atoms with Crippen LogP contribution in [0.15, 0.2) is 28.8 Å². The molecule has 0 radical (unpaired) electrons. The maximum Gasteiger partial charge on any atom is 0.292 e. The molecule has 2 aromatic rings. The first kappa shape index (κ1) is 23.1. The van der Waals surface area contributed by atoms with Crippen molar-refractivity contribution in [3.8, 4) is 5.75 Å². The molecule has 1 aromatic heterocycles. The number of nitrogens with two attached hydrogens (primary N) is 1. The standard InChI is InChI=1S/C22H28ClN3O5/c1-14(2)8-16-10-19(31-25-16)21(28)26-6-7-30-22(12-26,11-20(24)27)13-29-17-4-5-18(23)15(3)9-17/h4-5,9-10,14H,6-8,11-13H2,1-3H3,(H2,24,27). The van der Waals surface area contributed by atoms with Gasteiger partial charge in [0.1, 0.15) is 18.0 Å². The van der Waals surface area contributed by atoms with Crippen LogP contribution in [0.4, 0.5) is 0 Å². The Hall–Kier alpha value is -2.58. The van der Waals surface area contributed by atoms with E-state index in [9.17, 15) is 9.59 Å². The average Bonchev–Trinajstić information content (AvgIpc) is 3.15. The molecule has 1 aliphatic heterocycles. The number of amides is 2. The van der Waals surface area contributed by atoms with Gasteiger partial charge in [-0.25, -0.2) is 0 Å². The molecular weight excluding hydrogens is 422 g/mol. The molecule has 168 valence electrons. The van der Waals surface area contributed by atoms with Gasteiger partial charge < -0.3 is 24.6 Å². The van der Waals surface area contributed by atoms with Gasteiger partial charge in [-0.05, 0) is 43.0 Å². The van der Waals surface area contributed by atoms with E-state index in [1.54, 1.807) is 29.2 Å². The lowest BCUT2D eigenvalue weighted by atomic mass is 9.97. The van der Waals surface area contributed by atoms with Crippen molar-refractivity contribution < 1.29 is 23.6 Å². The fourth-order valence-electron chi connectivity index (χ4n) is 3.59. The van der Waals surface area contributed by atoms with E-state index in [0.29, 0.717) is 23.2 Å². The third-order valence-corrected chi connectivity index (χ3v) is 5.47. The van der Waals surface area contributed by atoms with Crippen molar-refractivity contribution in [1.82, 2.24) is 10.1 Å². The normalized spacial score (nSPS) is 18.9. The number of rotatable bonds is 8. The van der Waals surface area contributed by atoms with Gasteiger partial charge in [0.25, 0.3) is 5.91 Å². The zero-order valence-corrected chi connectivity index (χ0v) is 18.8. The Labute approximate surface area is 186 Å². The Balaban J connectivity index is 1.74.